The molecular weight excluding hydrogens is 280 g/mol. The number of carbonyl (C=O) groups excluding carboxylic acids is 1. The second kappa shape index (κ2) is 5.92. The van der Waals surface area contributed by atoms with Gasteiger partial charge in [-0.3, -0.25) is 9.89 Å². The maximum absolute atomic E-state index is 12.1. The molecule has 0 bridgehead atoms. The number of primary sulfonamides is 1. The topological polar surface area (TPSA) is 118 Å². The number of nitrogens with zero attached hydrogens (tertiary/aromatic N) is 1. The maximum Gasteiger partial charge on any atom is 0.273 e. The van der Waals surface area contributed by atoms with Crippen molar-refractivity contribution in [3.8, 4) is 0 Å². The monoisotopic (exact) mass is 300 g/mol. The third-order valence-corrected chi connectivity index (χ3v) is 4.58. The summed E-state index contributed by atoms with van der Waals surface area (Å²) in [6.07, 6.45) is 4.60. The summed E-state index contributed by atoms with van der Waals surface area (Å²) in [5.74, 6) is 0.00506. The summed E-state index contributed by atoms with van der Waals surface area (Å²) in [6, 6.07) is 0. The van der Waals surface area contributed by atoms with E-state index in [2.05, 4.69) is 15.5 Å². The van der Waals surface area contributed by atoms with Crippen molar-refractivity contribution in [3.63, 3.8) is 0 Å². The van der Waals surface area contributed by atoms with E-state index in [4.69, 9.17) is 5.14 Å². The Kier molecular flexibility index (Phi) is 4.44. The number of carbonyl (C=O) groups is 1. The summed E-state index contributed by atoms with van der Waals surface area (Å²) in [5.41, 5.74) is 0.263. The fourth-order valence-corrected chi connectivity index (χ4v) is 3.16. The van der Waals surface area contributed by atoms with E-state index in [0.29, 0.717) is 24.6 Å². The number of hydrogen-bond donors (Lipinski definition) is 3. The smallest absolute Gasteiger partial charge is 0.273 e. The molecule has 0 radical (unpaired) electrons. The van der Waals surface area contributed by atoms with Gasteiger partial charge in [0.15, 0.2) is 5.69 Å². The molecule has 1 aliphatic carbocycles. The molecule has 7 nitrogen and oxygen atoms in total. The Hall–Kier alpha value is -1.41. The minimum atomic E-state index is -3.97. The highest BCUT2D eigenvalue weighted by Crippen LogP contribution is 2.25. The Morgan fingerprint density at radius 2 is 2.20 bits per heavy atom. The largest absolute Gasteiger partial charge is 0.350 e. The van der Waals surface area contributed by atoms with E-state index in [-0.39, 0.29) is 10.6 Å². The van der Waals surface area contributed by atoms with E-state index >= 15 is 0 Å². The maximum atomic E-state index is 12.1. The van der Waals surface area contributed by atoms with Crippen molar-refractivity contribution >= 4 is 15.9 Å². The summed E-state index contributed by atoms with van der Waals surface area (Å²) in [4.78, 5) is 11.9. The number of nitrogens with one attached hydrogen (secondary N) is 2. The highest BCUT2D eigenvalue weighted by Gasteiger charge is 2.27. The second-order valence-corrected chi connectivity index (χ2v) is 6.68. The molecule has 0 aromatic carbocycles. The Bertz CT molecular complexity index is 590. The molecule has 0 atom stereocenters. The third-order valence-electron chi connectivity index (χ3n) is 3.57. The van der Waals surface area contributed by atoms with Crippen LogP contribution in [0.15, 0.2) is 4.90 Å². The number of hydrogen-bond acceptors (Lipinski definition) is 4. The lowest BCUT2D eigenvalue weighted by Gasteiger charge is -2.25. The predicted octanol–water partition coefficient (Wildman–Crippen LogP) is 0.540. The molecule has 1 aromatic rings. The van der Waals surface area contributed by atoms with Gasteiger partial charge in [0.25, 0.3) is 5.91 Å². The Balaban J connectivity index is 2.19. The molecule has 1 heterocycles. The summed E-state index contributed by atoms with van der Waals surface area (Å²) in [7, 11) is -3.97. The first-order valence-corrected chi connectivity index (χ1v) is 8.36. The van der Waals surface area contributed by atoms with Crippen LogP contribution in [-0.2, 0) is 16.4 Å². The van der Waals surface area contributed by atoms with Crippen LogP contribution in [0.5, 0.6) is 0 Å². The van der Waals surface area contributed by atoms with E-state index in [1.54, 1.807) is 0 Å². The van der Waals surface area contributed by atoms with Crippen LogP contribution < -0.4 is 10.5 Å². The van der Waals surface area contributed by atoms with E-state index in [9.17, 15) is 13.2 Å². The fraction of sp³-hybridized carbons (Fsp3) is 0.667. The summed E-state index contributed by atoms with van der Waals surface area (Å²) >= 11 is 0. The third kappa shape index (κ3) is 3.18. The number of aromatic amines is 1. The van der Waals surface area contributed by atoms with Gasteiger partial charge in [-0.25, -0.2) is 13.6 Å². The lowest BCUT2D eigenvalue weighted by Crippen LogP contribution is -2.33. The van der Waals surface area contributed by atoms with Crippen molar-refractivity contribution in [2.45, 2.75) is 43.9 Å². The Morgan fingerprint density at radius 3 is 2.70 bits per heavy atom. The molecule has 1 aliphatic rings. The van der Waals surface area contributed by atoms with Crippen LogP contribution in [0.2, 0.25) is 0 Å². The quantitative estimate of drug-likeness (QED) is 0.710. The molecule has 1 amide bonds. The Morgan fingerprint density at radius 1 is 1.50 bits per heavy atom. The van der Waals surface area contributed by atoms with Crippen molar-refractivity contribution < 1.29 is 13.2 Å². The number of aryl methyl sites for hydroxylation is 1. The molecular formula is C12H20N4O3S. The predicted molar refractivity (Wildman–Crippen MR) is 73.6 cm³/mol. The summed E-state index contributed by atoms with van der Waals surface area (Å²) < 4.78 is 23.3. The molecule has 8 heteroatoms. The first kappa shape index (κ1) is 15.0. The number of nitrogens with two attached hydrogens (primary N) is 1. The molecule has 1 saturated carbocycles. The van der Waals surface area contributed by atoms with Gasteiger partial charge in [0.05, 0.1) is 5.69 Å². The number of H-pyrrole nitrogens is 1. The first-order chi connectivity index (χ1) is 9.43. The van der Waals surface area contributed by atoms with E-state index in [1.807, 2.05) is 6.92 Å². The minimum absolute atomic E-state index is 0.129. The lowest BCUT2D eigenvalue weighted by molar-refractivity contribution is 0.0930. The van der Waals surface area contributed by atoms with Gasteiger partial charge >= 0.3 is 0 Å². The highest BCUT2D eigenvalue weighted by atomic mass is 32.2. The normalized spacial score (nSPS) is 15.9. The van der Waals surface area contributed by atoms with E-state index in [1.165, 1.54) is 6.42 Å². The number of aromatic nitrogens is 2. The zero-order valence-corrected chi connectivity index (χ0v) is 12.3. The number of sulfonamides is 1. The van der Waals surface area contributed by atoms with Gasteiger partial charge in [-0.1, -0.05) is 19.8 Å². The van der Waals surface area contributed by atoms with Crippen molar-refractivity contribution in [1.82, 2.24) is 15.5 Å². The van der Waals surface area contributed by atoms with E-state index < -0.39 is 15.9 Å². The van der Waals surface area contributed by atoms with Crippen LogP contribution >= 0.6 is 0 Å². The van der Waals surface area contributed by atoms with Crippen molar-refractivity contribution in [2.75, 3.05) is 6.54 Å². The molecule has 0 unspecified atom stereocenters. The zero-order valence-electron chi connectivity index (χ0n) is 11.5. The van der Waals surface area contributed by atoms with Gasteiger partial charge in [-0.05, 0) is 25.2 Å². The van der Waals surface area contributed by atoms with Gasteiger partial charge in [0.1, 0.15) is 4.90 Å². The van der Waals surface area contributed by atoms with Gasteiger partial charge in [-0.15, -0.1) is 0 Å². The lowest BCUT2D eigenvalue weighted by atomic mass is 9.85. The van der Waals surface area contributed by atoms with Crippen LogP contribution in [0.4, 0.5) is 0 Å². The van der Waals surface area contributed by atoms with E-state index in [0.717, 1.165) is 19.3 Å². The SMILES string of the molecule is CCCc1[nH]nc(C(=O)NCC2CCC2)c1S(N)(=O)=O. The molecule has 2 rings (SSSR count). The van der Waals surface area contributed by atoms with Gasteiger partial charge in [-0.2, -0.15) is 5.10 Å². The van der Waals surface area contributed by atoms with Crippen molar-refractivity contribution in [2.24, 2.45) is 11.1 Å². The zero-order chi connectivity index (χ0) is 14.8. The average molecular weight is 300 g/mol. The summed E-state index contributed by atoms with van der Waals surface area (Å²) in [6.45, 7) is 2.46. The molecule has 0 saturated heterocycles. The van der Waals surface area contributed by atoms with Crippen LogP contribution in [-0.4, -0.2) is 31.1 Å². The van der Waals surface area contributed by atoms with Gasteiger partial charge < -0.3 is 5.32 Å². The number of rotatable bonds is 6. The Labute approximate surface area is 118 Å². The van der Waals surface area contributed by atoms with Crippen LogP contribution in [0.1, 0.15) is 48.8 Å². The molecule has 0 spiro atoms. The van der Waals surface area contributed by atoms with Crippen molar-refractivity contribution in [3.05, 3.63) is 11.4 Å². The van der Waals surface area contributed by atoms with Crippen LogP contribution in [0.25, 0.3) is 0 Å². The molecule has 20 heavy (non-hydrogen) atoms. The van der Waals surface area contributed by atoms with Gasteiger partial charge in [0.2, 0.25) is 10.0 Å². The van der Waals surface area contributed by atoms with Crippen LogP contribution in [0, 0.1) is 5.92 Å². The standard InChI is InChI=1S/C12H20N4O3S/c1-2-4-9-11(20(13,18)19)10(16-15-9)12(17)14-7-8-5-3-6-8/h8H,2-7H2,1H3,(H,14,17)(H,15,16)(H2,13,18,19). The average Bonchev–Trinajstić information content (AvgIpc) is 2.71. The van der Waals surface area contributed by atoms with Crippen molar-refractivity contribution in [1.29, 1.82) is 0 Å². The van der Waals surface area contributed by atoms with Gasteiger partial charge in [0, 0.05) is 6.54 Å². The summed E-state index contributed by atoms with van der Waals surface area (Å²) in [5, 5.41) is 14.4. The molecule has 4 N–H and O–H groups in total. The highest BCUT2D eigenvalue weighted by molar-refractivity contribution is 7.89. The first-order valence-electron chi connectivity index (χ1n) is 6.81. The molecule has 0 aliphatic heterocycles. The van der Waals surface area contributed by atoms with Crippen LogP contribution in [0.3, 0.4) is 0 Å². The molecule has 1 fully saturated rings. The fourth-order valence-electron chi connectivity index (χ4n) is 2.27. The number of amides is 1. The molecule has 112 valence electrons. The molecule has 1 aromatic heterocycles. The minimum Gasteiger partial charge on any atom is -0.350 e. The second-order valence-electron chi connectivity index (χ2n) is 5.18.